The van der Waals surface area contributed by atoms with E-state index in [4.69, 9.17) is 0 Å². The van der Waals surface area contributed by atoms with E-state index in [9.17, 15) is 14.4 Å². The van der Waals surface area contributed by atoms with Crippen molar-refractivity contribution in [2.75, 3.05) is 0 Å². The predicted octanol–water partition coefficient (Wildman–Crippen LogP) is 8.83. The third kappa shape index (κ3) is 15.5. The minimum Gasteiger partial charge on any atom is -0.299 e. The Morgan fingerprint density at radius 1 is 0.576 bits per heavy atom. The summed E-state index contributed by atoms with van der Waals surface area (Å²) in [5.74, 6) is 2.63. The molecule has 0 aliphatic rings. The molecule has 3 nitrogen and oxygen atoms in total. The van der Waals surface area contributed by atoms with Crippen LogP contribution in [0.25, 0.3) is 0 Å². The van der Waals surface area contributed by atoms with E-state index in [1.54, 1.807) is 0 Å². The number of hydrogen-bond donors (Lipinski definition) is 0. The van der Waals surface area contributed by atoms with Gasteiger partial charge in [0.1, 0.15) is 17.3 Å². The van der Waals surface area contributed by atoms with Gasteiger partial charge in [-0.05, 0) is 17.8 Å². The van der Waals surface area contributed by atoms with Crippen molar-refractivity contribution in [3.8, 4) is 0 Å². The van der Waals surface area contributed by atoms with E-state index in [0.717, 1.165) is 0 Å². The number of carbonyl (C=O) groups is 3. The Kier molecular flexibility index (Phi) is 15.3. The number of rotatable bonds is 6. The number of hydrogen-bond acceptors (Lipinski definition) is 3. The van der Waals surface area contributed by atoms with Crippen molar-refractivity contribution < 1.29 is 14.4 Å². The molecule has 0 aromatic rings. The lowest BCUT2D eigenvalue weighted by Crippen LogP contribution is -2.38. The molecular formula is C30H60O3. The number of Topliss-reactive ketones (excluding diaryl/α,β-unsaturated/α-hetero) is 3. The summed E-state index contributed by atoms with van der Waals surface area (Å²) in [5, 5.41) is 0. The highest BCUT2D eigenvalue weighted by Crippen LogP contribution is 2.35. The molecule has 0 aromatic heterocycles. The molecule has 0 bridgehead atoms. The second-order valence-electron chi connectivity index (χ2n) is 14.4. The fraction of sp³-hybridized carbons (Fsp3) is 0.900. The summed E-state index contributed by atoms with van der Waals surface area (Å²) in [7, 11) is 0. The molecule has 0 saturated heterocycles. The van der Waals surface area contributed by atoms with E-state index in [2.05, 4.69) is 41.5 Å². The Hall–Kier alpha value is -0.990. The zero-order chi connectivity index (χ0) is 27.7. The molecule has 0 fully saturated rings. The van der Waals surface area contributed by atoms with Crippen LogP contribution in [0.2, 0.25) is 0 Å². The average molecular weight is 469 g/mol. The van der Waals surface area contributed by atoms with E-state index < -0.39 is 0 Å². The summed E-state index contributed by atoms with van der Waals surface area (Å²) in [6.07, 6.45) is 0.712. The Morgan fingerprint density at radius 3 is 1.03 bits per heavy atom. The maximum atomic E-state index is 11.9. The van der Waals surface area contributed by atoms with Crippen molar-refractivity contribution >= 4 is 17.3 Å². The molecule has 0 radical (unpaired) electrons. The quantitative estimate of drug-likeness (QED) is 0.391. The smallest absolute Gasteiger partial charge is 0.144 e. The lowest BCUT2D eigenvalue weighted by atomic mass is 9.69. The molecule has 0 spiro atoms. The molecule has 0 heterocycles. The Morgan fingerprint density at radius 2 is 0.939 bits per heavy atom. The molecule has 0 aliphatic heterocycles. The maximum Gasteiger partial charge on any atom is 0.144 e. The fourth-order valence-corrected chi connectivity index (χ4v) is 2.89. The third-order valence-corrected chi connectivity index (χ3v) is 6.29. The lowest BCUT2D eigenvalue weighted by Gasteiger charge is -2.33. The molecule has 0 amide bonds. The minimum atomic E-state index is -0.215. The van der Waals surface area contributed by atoms with E-state index in [-0.39, 0.29) is 27.6 Å². The minimum absolute atomic E-state index is 0.149. The monoisotopic (exact) mass is 468 g/mol. The van der Waals surface area contributed by atoms with E-state index >= 15 is 0 Å². The van der Waals surface area contributed by atoms with Crippen LogP contribution in [0.3, 0.4) is 0 Å². The van der Waals surface area contributed by atoms with Crippen LogP contribution in [0.5, 0.6) is 0 Å². The van der Waals surface area contributed by atoms with Crippen molar-refractivity contribution in [1.29, 1.82) is 0 Å². The molecule has 198 valence electrons. The second kappa shape index (κ2) is 13.8. The predicted molar refractivity (Wildman–Crippen MR) is 145 cm³/mol. The molecule has 1 unspecified atom stereocenters. The van der Waals surface area contributed by atoms with Crippen LogP contribution in [0, 0.1) is 45.3 Å². The van der Waals surface area contributed by atoms with Gasteiger partial charge in [0.15, 0.2) is 0 Å². The van der Waals surface area contributed by atoms with Crippen LogP contribution in [-0.2, 0) is 14.4 Å². The van der Waals surface area contributed by atoms with Crippen LogP contribution >= 0.6 is 0 Å². The average Bonchev–Trinajstić information content (AvgIpc) is 2.57. The van der Waals surface area contributed by atoms with Crippen LogP contribution < -0.4 is 0 Å². The highest BCUT2D eigenvalue weighted by Gasteiger charge is 2.38. The first-order valence-electron chi connectivity index (χ1n) is 12.8. The third-order valence-electron chi connectivity index (χ3n) is 6.29. The van der Waals surface area contributed by atoms with Gasteiger partial charge in [0.25, 0.3) is 0 Å². The van der Waals surface area contributed by atoms with Gasteiger partial charge in [0.2, 0.25) is 0 Å². The Balaban J connectivity index is -0.000000411. The van der Waals surface area contributed by atoms with Crippen LogP contribution in [0.4, 0.5) is 0 Å². The summed E-state index contributed by atoms with van der Waals surface area (Å²) >= 11 is 0. The van der Waals surface area contributed by atoms with Gasteiger partial charge in [-0.1, -0.05) is 125 Å². The second-order valence-corrected chi connectivity index (χ2v) is 14.4. The normalized spacial score (nSPS) is 13.7. The first-order chi connectivity index (χ1) is 14.2. The first kappa shape index (κ1) is 36.6. The van der Waals surface area contributed by atoms with Gasteiger partial charge in [-0.25, -0.2) is 0 Å². The largest absolute Gasteiger partial charge is 0.299 e. The zero-order valence-corrected chi connectivity index (χ0v) is 25.7. The van der Waals surface area contributed by atoms with Gasteiger partial charge >= 0.3 is 0 Å². The molecule has 0 aliphatic carbocycles. The van der Waals surface area contributed by atoms with E-state index in [1.165, 1.54) is 0 Å². The molecule has 1 atom stereocenters. The molecule has 33 heavy (non-hydrogen) atoms. The molecule has 0 N–H and O–H groups in total. The molecule has 0 rings (SSSR count). The van der Waals surface area contributed by atoms with Gasteiger partial charge in [0.05, 0.1) is 0 Å². The number of carbonyl (C=O) groups excluding carboxylic acids is 3. The lowest BCUT2D eigenvalue weighted by molar-refractivity contribution is -0.137. The summed E-state index contributed by atoms with van der Waals surface area (Å²) in [5.41, 5.74) is -0.736. The standard InChI is InChI=1S/C11H22O.C10H20O.C9H18O/c1-8(2)11(6,7)9(12)10(3,4)5;1-7(2)8(3)9(11)10(4,5)6;1-7(2)6-8(10)9(3,4)5/h8H,1-7H3;7-8H,1-6H3;7H,6H2,1-5H3. The van der Waals surface area contributed by atoms with Crippen molar-refractivity contribution in [1.82, 2.24) is 0 Å². The molecule has 3 heteroatoms. The molecule has 0 saturated carbocycles. The van der Waals surface area contributed by atoms with Crippen LogP contribution in [0.1, 0.15) is 131 Å². The van der Waals surface area contributed by atoms with E-state index in [0.29, 0.717) is 41.5 Å². The van der Waals surface area contributed by atoms with Crippen molar-refractivity contribution in [2.24, 2.45) is 45.3 Å². The summed E-state index contributed by atoms with van der Waals surface area (Å²) in [6, 6.07) is 0. The highest BCUT2D eigenvalue weighted by atomic mass is 16.1. The van der Waals surface area contributed by atoms with Crippen LogP contribution in [-0.4, -0.2) is 17.3 Å². The Labute approximate surface area is 208 Å². The topological polar surface area (TPSA) is 51.2 Å². The summed E-state index contributed by atoms with van der Waals surface area (Å²) in [6.45, 7) is 36.4. The van der Waals surface area contributed by atoms with Gasteiger partial charge in [-0.3, -0.25) is 14.4 Å². The number of ketones is 3. The van der Waals surface area contributed by atoms with Crippen molar-refractivity contribution in [3.63, 3.8) is 0 Å². The van der Waals surface area contributed by atoms with Gasteiger partial charge in [-0.15, -0.1) is 0 Å². The first-order valence-corrected chi connectivity index (χ1v) is 12.8. The van der Waals surface area contributed by atoms with E-state index in [1.807, 2.05) is 83.1 Å². The molecule has 0 aromatic carbocycles. The van der Waals surface area contributed by atoms with Crippen molar-refractivity contribution in [2.45, 2.75) is 131 Å². The maximum absolute atomic E-state index is 11.9. The highest BCUT2D eigenvalue weighted by molar-refractivity contribution is 5.89. The summed E-state index contributed by atoms with van der Waals surface area (Å²) in [4.78, 5) is 34.8. The van der Waals surface area contributed by atoms with Gasteiger partial charge in [0, 0.05) is 34.0 Å². The van der Waals surface area contributed by atoms with Crippen molar-refractivity contribution in [3.05, 3.63) is 0 Å². The van der Waals surface area contributed by atoms with Gasteiger partial charge < -0.3 is 0 Å². The molecular weight excluding hydrogens is 408 g/mol. The zero-order valence-electron chi connectivity index (χ0n) is 25.7. The summed E-state index contributed by atoms with van der Waals surface area (Å²) < 4.78 is 0. The SMILES string of the molecule is CC(C)C(C)(C)C(=O)C(C)(C)C.CC(C)C(C)C(=O)C(C)(C)C.CC(C)CC(=O)C(C)(C)C. The Bertz CT molecular complexity index is 600. The fourth-order valence-electron chi connectivity index (χ4n) is 2.89. The van der Waals surface area contributed by atoms with Crippen LogP contribution in [0.15, 0.2) is 0 Å². The van der Waals surface area contributed by atoms with Gasteiger partial charge in [-0.2, -0.15) is 0 Å².